The molecule has 1 aromatic rings. The number of thiazole rings is 1. The number of nitrogens with zero attached hydrogens (tertiary/aromatic N) is 2. The standard InChI is InChI=1S/C10H14N2OS2/c1-6-7(2)15-10(11-6)12-4-8(5-14)3-9(12)13/h8,14H,3-5H2,1-2H3. The van der Waals surface area contributed by atoms with Crippen LogP contribution in [0.25, 0.3) is 0 Å². The lowest BCUT2D eigenvalue weighted by atomic mass is 10.1. The smallest absolute Gasteiger partial charge is 0.229 e. The Bertz CT molecular complexity index is 369. The molecule has 1 aliphatic heterocycles. The second-order valence-corrected chi connectivity index (χ2v) is 5.44. The van der Waals surface area contributed by atoms with Gasteiger partial charge < -0.3 is 0 Å². The fourth-order valence-corrected chi connectivity index (χ4v) is 2.84. The highest BCUT2D eigenvalue weighted by Crippen LogP contribution is 2.30. The number of hydrogen-bond acceptors (Lipinski definition) is 4. The van der Waals surface area contributed by atoms with Gasteiger partial charge in [-0.25, -0.2) is 4.98 Å². The zero-order valence-corrected chi connectivity index (χ0v) is 10.6. The van der Waals surface area contributed by atoms with E-state index < -0.39 is 0 Å². The molecule has 0 N–H and O–H groups in total. The quantitative estimate of drug-likeness (QED) is 0.805. The molecule has 1 atom stereocenters. The second kappa shape index (κ2) is 4.14. The lowest BCUT2D eigenvalue weighted by Gasteiger charge is -2.11. The van der Waals surface area contributed by atoms with Crippen molar-refractivity contribution < 1.29 is 4.79 Å². The topological polar surface area (TPSA) is 33.2 Å². The Labute approximate surface area is 98.9 Å². The average molecular weight is 242 g/mol. The summed E-state index contributed by atoms with van der Waals surface area (Å²) in [5.74, 6) is 1.33. The Balaban J connectivity index is 2.21. The van der Waals surface area contributed by atoms with Crippen molar-refractivity contribution in [1.82, 2.24) is 4.98 Å². The molecule has 0 radical (unpaired) electrons. The number of amides is 1. The third-order valence-electron chi connectivity index (χ3n) is 2.71. The highest BCUT2D eigenvalue weighted by Gasteiger charge is 2.31. The Morgan fingerprint density at radius 2 is 2.33 bits per heavy atom. The van der Waals surface area contributed by atoms with Crippen LogP contribution in [0.15, 0.2) is 0 Å². The number of aryl methyl sites for hydroxylation is 2. The third kappa shape index (κ3) is 2.03. The van der Waals surface area contributed by atoms with Gasteiger partial charge in [-0.2, -0.15) is 12.6 Å². The summed E-state index contributed by atoms with van der Waals surface area (Å²) in [5.41, 5.74) is 1.03. The van der Waals surface area contributed by atoms with E-state index in [1.807, 2.05) is 13.8 Å². The molecule has 3 nitrogen and oxygen atoms in total. The fourth-order valence-electron chi connectivity index (χ4n) is 1.66. The van der Waals surface area contributed by atoms with Crippen LogP contribution in [0.5, 0.6) is 0 Å². The Kier molecular flexibility index (Phi) is 3.02. The molecule has 1 amide bonds. The first-order chi connectivity index (χ1) is 7.11. The number of carbonyl (C=O) groups is 1. The van der Waals surface area contributed by atoms with E-state index in [0.717, 1.165) is 23.1 Å². The minimum absolute atomic E-state index is 0.183. The van der Waals surface area contributed by atoms with Gasteiger partial charge in [-0.05, 0) is 25.5 Å². The van der Waals surface area contributed by atoms with Gasteiger partial charge in [0.05, 0.1) is 5.69 Å². The lowest BCUT2D eigenvalue weighted by Crippen LogP contribution is -2.24. The number of carbonyl (C=O) groups excluding carboxylic acids is 1. The first-order valence-electron chi connectivity index (χ1n) is 4.97. The third-order valence-corrected chi connectivity index (χ3v) is 4.32. The van der Waals surface area contributed by atoms with Crippen LogP contribution in [0, 0.1) is 19.8 Å². The molecule has 0 aromatic carbocycles. The van der Waals surface area contributed by atoms with E-state index in [4.69, 9.17) is 0 Å². The van der Waals surface area contributed by atoms with Crippen molar-refractivity contribution in [2.75, 3.05) is 17.2 Å². The molecule has 2 heterocycles. The molecule has 1 fully saturated rings. The molecule has 5 heteroatoms. The number of hydrogen-bond donors (Lipinski definition) is 1. The summed E-state index contributed by atoms with van der Waals surface area (Å²) in [6.45, 7) is 4.79. The van der Waals surface area contributed by atoms with E-state index in [1.165, 1.54) is 4.88 Å². The van der Waals surface area contributed by atoms with Crippen LogP contribution in [0.1, 0.15) is 17.0 Å². The molecule has 1 aromatic heterocycles. The van der Waals surface area contributed by atoms with Gasteiger partial charge in [0.2, 0.25) is 5.91 Å². The normalized spacial score (nSPS) is 21.4. The van der Waals surface area contributed by atoms with E-state index in [2.05, 4.69) is 17.6 Å². The maximum Gasteiger partial charge on any atom is 0.229 e. The van der Waals surface area contributed by atoms with Crippen LogP contribution in [0.3, 0.4) is 0 Å². The first-order valence-corrected chi connectivity index (χ1v) is 6.42. The SMILES string of the molecule is Cc1nc(N2CC(CS)CC2=O)sc1C. The van der Waals surface area contributed by atoms with E-state index in [-0.39, 0.29) is 5.91 Å². The number of aromatic nitrogens is 1. The van der Waals surface area contributed by atoms with Crippen molar-refractivity contribution in [1.29, 1.82) is 0 Å². The monoisotopic (exact) mass is 242 g/mol. The molecule has 82 valence electrons. The van der Waals surface area contributed by atoms with Crippen LogP contribution >= 0.6 is 24.0 Å². The van der Waals surface area contributed by atoms with Crippen molar-refractivity contribution in [2.45, 2.75) is 20.3 Å². The average Bonchev–Trinajstić information content (AvgIpc) is 2.71. The van der Waals surface area contributed by atoms with Crippen LogP contribution in [0.4, 0.5) is 5.13 Å². The summed E-state index contributed by atoms with van der Waals surface area (Å²) in [6, 6.07) is 0. The molecule has 0 bridgehead atoms. The molecule has 1 saturated heterocycles. The molecular formula is C10H14N2OS2. The van der Waals surface area contributed by atoms with Crippen molar-refractivity contribution in [2.24, 2.45) is 5.92 Å². The highest BCUT2D eigenvalue weighted by molar-refractivity contribution is 7.80. The molecule has 0 saturated carbocycles. The second-order valence-electron chi connectivity index (χ2n) is 3.90. The Morgan fingerprint density at radius 3 is 2.80 bits per heavy atom. The van der Waals surface area contributed by atoms with Gasteiger partial charge in [0, 0.05) is 17.8 Å². The summed E-state index contributed by atoms with van der Waals surface area (Å²) >= 11 is 5.84. The van der Waals surface area contributed by atoms with Crippen LogP contribution in [0.2, 0.25) is 0 Å². The predicted molar refractivity (Wildman–Crippen MR) is 65.9 cm³/mol. The van der Waals surface area contributed by atoms with Gasteiger partial charge in [-0.3, -0.25) is 9.69 Å². The molecule has 1 unspecified atom stereocenters. The van der Waals surface area contributed by atoms with Crippen LogP contribution in [-0.4, -0.2) is 23.2 Å². The fraction of sp³-hybridized carbons (Fsp3) is 0.600. The number of anilines is 1. The Morgan fingerprint density at radius 1 is 1.60 bits per heavy atom. The van der Waals surface area contributed by atoms with Gasteiger partial charge in [-0.15, -0.1) is 11.3 Å². The van der Waals surface area contributed by atoms with Crippen molar-refractivity contribution >= 4 is 35.0 Å². The minimum atomic E-state index is 0.183. The van der Waals surface area contributed by atoms with Gasteiger partial charge >= 0.3 is 0 Å². The minimum Gasteiger partial charge on any atom is -0.288 e. The van der Waals surface area contributed by atoms with Crippen LogP contribution in [-0.2, 0) is 4.79 Å². The summed E-state index contributed by atoms with van der Waals surface area (Å²) in [5, 5.41) is 0.847. The van der Waals surface area contributed by atoms with Crippen molar-refractivity contribution in [3.63, 3.8) is 0 Å². The van der Waals surface area contributed by atoms with Gasteiger partial charge in [0.1, 0.15) is 0 Å². The maximum atomic E-state index is 11.7. The van der Waals surface area contributed by atoms with Gasteiger partial charge in [-0.1, -0.05) is 0 Å². The molecular weight excluding hydrogens is 228 g/mol. The van der Waals surface area contributed by atoms with Gasteiger partial charge in [0.25, 0.3) is 0 Å². The molecule has 1 aliphatic rings. The zero-order valence-electron chi connectivity index (χ0n) is 8.86. The predicted octanol–water partition coefficient (Wildman–Crippen LogP) is 2.04. The lowest BCUT2D eigenvalue weighted by molar-refractivity contribution is -0.117. The zero-order chi connectivity index (χ0) is 11.0. The molecule has 15 heavy (non-hydrogen) atoms. The number of rotatable bonds is 2. The van der Waals surface area contributed by atoms with E-state index in [0.29, 0.717) is 12.3 Å². The van der Waals surface area contributed by atoms with Crippen molar-refractivity contribution in [3.05, 3.63) is 10.6 Å². The number of thiol groups is 1. The van der Waals surface area contributed by atoms with E-state index in [1.54, 1.807) is 16.2 Å². The molecule has 2 rings (SSSR count). The Hall–Kier alpha value is -0.550. The molecule has 0 aliphatic carbocycles. The summed E-state index contributed by atoms with van der Waals surface area (Å²) in [7, 11) is 0. The van der Waals surface area contributed by atoms with Gasteiger partial charge in [0.15, 0.2) is 5.13 Å². The largest absolute Gasteiger partial charge is 0.288 e. The van der Waals surface area contributed by atoms with E-state index in [9.17, 15) is 4.79 Å². The summed E-state index contributed by atoms with van der Waals surface area (Å²) in [6.07, 6.45) is 0.612. The van der Waals surface area contributed by atoms with Crippen molar-refractivity contribution in [3.8, 4) is 0 Å². The highest BCUT2D eigenvalue weighted by atomic mass is 32.1. The summed E-state index contributed by atoms with van der Waals surface area (Å²) in [4.78, 5) is 19.1. The van der Waals surface area contributed by atoms with Crippen LogP contribution < -0.4 is 4.90 Å². The molecule has 0 spiro atoms. The maximum absolute atomic E-state index is 11.7. The summed E-state index contributed by atoms with van der Waals surface area (Å²) < 4.78 is 0. The van der Waals surface area contributed by atoms with E-state index >= 15 is 0 Å². The first kappa shape index (κ1) is 11.0.